The van der Waals surface area contributed by atoms with Crippen molar-refractivity contribution in [3.8, 4) is 5.75 Å². The second-order valence-corrected chi connectivity index (χ2v) is 7.58. The topological polar surface area (TPSA) is 41.6 Å². The van der Waals surface area contributed by atoms with Gasteiger partial charge in [0.1, 0.15) is 5.75 Å². The first-order valence-electron chi connectivity index (χ1n) is 8.81. The zero-order chi connectivity index (χ0) is 19.2. The second kappa shape index (κ2) is 8.84. The number of methoxy groups -OCH3 is 1. The molecule has 0 aliphatic heterocycles. The first kappa shape index (κ1) is 19.1. The van der Waals surface area contributed by atoms with Crippen LogP contribution in [0.2, 0.25) is 0 Å². The Balaban J connectivity index is 1.57. The SMILES string of the molecule is COc1ccc(NC(=O)c2ccc(CN(C)Cc3sccc3C)cc2)cc1. The molecule has 0 spiro atoms. The molecule has 0 radical (unpaired) electrons. The normalized spacial score (nSPS) is 10.8. The average Bonchev–Trinajstić information content (AvgIpc) is 3.07. The zero-order valence-corrected chi connectivity index (χ0v) is 16.7. The molecule has 5 heteroatoms. The van der Waals surface area contributed by atoms with E-state index in [0.29, 0.717) is 5.56 Å². The third-order valence-electron chi connectivity index (χ3n) is 4.40. The van der Waals surface area contributed by atoms with E-state index in [-0.39, 0.29) is 5.91 Å². The fourth-order valence-corrected chi connectivity index (χ4v) is 3.80. The van der Waals surface area contributed by atoms with Gasteiger partial charge in [0.25, 0.3) is 5.91 Å². The number of amides is 1. The molecule has 0 fully saturated rings. The van der Waals surface area contributed by atoms with Gasteiger partial charge in [0.2, 0.25) is 0 Å². The molecule has 0 saturated carbocycles. The molecule has 0 aliphatic carbocycles. The number of hydrogen-bond donors (Lipinski definition) is 1. The van der Waals surface area contributed by atoms with Crippen LogP contribution in [0.25, 0.3) is 0 Å². The molecule has 1 N–H and O–H groups in total. The Morgan fingerprint density at radius 1 is 1.04 bits per heavy atom. The van der Waals surface area contributed by atoms with Gasteiger partial charge in [0.15, 0.2) is 0 Å². The number of carbonyl (C=O) groups is 1. The van der Waals surface area contributed by atoms with E-state index in [9.17, 15) is 4.79 Å². The number of benzene rings is 2. The van der Waals surface area contributed by atoms with Crippen molar-refractivity contribution in [3.05, 3.63) is 81.5 Å². The van der Waals surface area contributed by atoms with Gasteiger partial charge in [-0.1, -0.05) is 12.1 Å². The van der Waals surface area contributed by atoms with Crippen LogP contribution in [0, 0.1) is 6.92 Å². The van der Waals surface area contributed by atoms with Crippen LogP contribution < -0.4 is 10.1 Å². The maximum atomic E-state index is 12.4. The van der Waals surface area contributed by atoms with Crippen LogP contribution in [0.4, 0.5) is 5.69 Å². The van der Waals surface area contributed by atoms with Crippen molar-refractivity contribution in [2.75, 3.05) is 19.5 Å². The van der Waals surface area contributed by atoms with Crippen molar-refractivity contribution in [2.45, 2.75) is 20.0 Å². The minimum Gasteiger partial charge on any atom is -0.497 e. The van der Waals surface area contributed by atoms with E-state index in [1.807, 2.05) is 48.5 Å². The summed E-state index contributed by atoms with van der Waals surface area (Å²) >= 11 is 1.80. The van der Waals surface area contributed by atoms with Gasteiger partial charge >= 0.3 is 0 Å². The third-order valence-corrected chi connectivity index (χ3v) is 5.41. The highest BCUT2D eigenvalue weighted by Gasteiger charge is 2.08. The largest absolute Gasteiger partial charge is 0.497 e. The number of hydrogen-bond acceptors (Lipinski definition) is 4. The average molecular weight is 381 g/mol. The Labute approximate surface area is 164 Å². The molecule has 2 aromatic carbocycles. The number of nitrogens with zero attached hydrogens (tertiary/aromatic N) is 1. The quantitative estimate of drug-likeness (QED) is 0.631. The highest BCUT2D eigenvalue weighted by molar-refractivity contribution is 7.10. The lowest BCUT2D eigenvalue weighted by atomic mass is 10.1. The van der Waals surface area contributed by atoms with E-state index in [0.717, 1.165) is 24.5 Å². The van der Waals surface area contributed by atoms with E-state index in [2.05, 4.69) is 35.6 Å². The Kier molecular flexibility index (Phi) is 6.27. The van der Waals surface area contributed by atoms with Crippen molar-refractivity contribution in [3.63, 3.8) is 0 Å². The lowest BCUT2D eigenvalue weighted by Gasteiger charge is -2.16. The highest BCUT2D eigenvalue weighted by atomic mass is 32.1. The van der Waals surface area contributed by atoms with E-state index in [4.69, 9.17) is 4.74 Å². The fraction of sp³-hybridized carbons (Fsp3) is 0.227. The summed E-state index contributed by atoms with van der Waals surface area (Å²) in [5.74, 6) is 0.647. The summed E-state index contributed by atoms with van der Waals surface area (Å²) in [5, 5.41) is 5.04. The molecule has 0 atom stereocenters. The summed E-state index contributed by atoms with van der Waals surface area (Å²) in [6, 6.07) is 17.2. The van der Waals surface area contributed by atoms with Crippen LogP contribution in [-0.4, -0.2) is 25.0 Å². The fourth-order valence-electron chi connectivity index (χ4n) is 2.82. The first-order chi connectivity index (χ1) is 13.0. The van der Waals surface area contributed by atoms with Crippen LogP contribution in [0.15, 0.2) is 60.0 Å². The number of thiophene rings is 1. The van der Waals surface area contributed by atoms with E-state index in [1.165, 1.54) is 16.0 Å². The van der Waals surface area contributed by atoms with Gasteiger partial charge in [-0.2, -0.15) is 0 Å². The molecule has 1 amide bonds. The smallest absolute Gasteiger partial charge is 0.255 e. The molecule has 0 saturated heterocycles. The van der Waals surface area contributed by atoms with Crippen LogP contribution in [0.3, 0.4) is 0 Å². The van der Waals surface area contributed by atoms with Crippen molar-refractivity contribution in [1.82, 2.24) is 4.90 Å². The number of anilines is 1. The second-order valence-electron chi connectivity index (χ2n) is 6.58. The maximum Gasteiger partial charge on any atom is 0.255 e. The Hall–Kier alpha value is -2.63. The minimum absolute atomic E-state index is 0.116. The predicted molar refractivity (Wildman–Crippen MR) is 112 cm³/mol. The van der Waals surface area contributed by atoms with Crippen molar-refractivity contribution < 1.29 is 9.53 Å². The number of nitrogens with one attached hydrogen (secondary N) is 1. The first-order valence-corrected chi connectivity index (χ1v) is 9.69. The molecule has 1 heterocycles. The van der Waals surface area contributed by atoms with E-state index in [1.54, 1.807) is 18.4 Å². The van der Waals surface area contributed by atoms with Crippen molar-refractivity contribution in [2.24, 2.45) is 0 Å². The van der Waals surface area contributed by atoms with E-state index < -0.39 is 0 Å². The Morgan fingerprint density at radius 3 is 2.33 bits per heavy atom. The summed E-state index contributed by atoms with van der Waals surface area (Å²) in [5.41, 5.74) is 3.92. The molecular formula is C22H24N2O2S. The zero-order valence-electron chi connectivity index (χ0n) is 15.9. The van der Waals surface area contributed by atoms with Crippen LogP contribution in [-0.2, 0) is 13.1 Å². The van der Waals surface area contributed by atoms with Gasteiger partial charge in [-0.25, -0.2) is 0 Å². The predicted octanol–water partition coefficient (Wildman–Crippen LogP) is 4.95. The van der Waals surface area contributed by atoms with Gasteiger partial charge in [0, 0.05) is 29.2 Å². The lowest BCUT2D eigenvalue weighted by molar-refractivity contribution is 0.102. The van der Waals surface area contributed by atoms with Gasteiger partial charge in [-0.3, -0.25) is 9.69 Å². The van der Waals surface area contributed by atoms with Gasteiger partial charge in [-0.15, -0.1) is 11.3 Å². The van der Waals surface area contributed by atoms with Crippen molar-refractivity contribution in [1.29, 1.82) is 0 Å². The van der Waals surface area contributed by atoms with Crippen LogP contribution in [0.1, 0.15) is 26.4 Å². The number of rotatable bonds is 7. The molecule has 0 aliphatic rings. The maximum absolute atomic E-state index is 12.4. The van der Waals surface area contributed by atoms with Crippen molar-refractivity contribution >= 4 is 22.9 Å². The Bertz CT molecular complexity index is 885. The van der Waals surface area contributed by atoms with Gasteiger partial charge in [0.05, 0.1) is 7.11 Å². The monoisotopic (exact) mass is 380 g/mol. The summed E-state index contributed by atoms with van der Waals surface area (Å²) in [6.45, 7) is 3.93. The molecule has 0 unspecified atom stereocenters. The molecule has 1 aromatic heterocycles. The number of carbonyl (C=O) groups excluding carboxylic acids is 1. The molecule has 3 rings (SSSR count). The standard InChI is InChI=1S/C22H24N2O2S/c1-16-12-13-27-21(16)15-24(2)14-17-4-6-18(7-5-17)22(25)23-19-8-10-20(26-3)11-9-19/h4-13H,14-15H2,1-3H3,(H,23,25). The molecule has 4 nitrogen and oxygen atoms in total. The third kappa shape index (κ3) is 5.18. The minimum atomic E-state index is -0.116. The van der Waals surface area contributed by atoms with Gasteiger partial charge in [-0.05, 0) is 72.9 Å². The molecule has 3 aromatic rings. The number of aryl methyl sites for hydroxylation is 1. The highest BCUT2D eigenvalue weighted by Crippen LogP contribution is 2.19. The lowest BCUT2D eigenvalue weighted by Crippen LogP contribution is -2.17. The van der Waals surface area contributed by atoms with Gasteiger partial charge < -0.3 is 10.1 Å². The summed E-state index contributed by atoms with van der Waals surface area (Å²) in [7, 11) is 3.73. The Morgan fingerprint density at radius 2 is 1.74 bits per heavy atom. The summed E-state index contributed by atoms with van der Waals surface area (Å²) in [4.78, 5) is 16.1. The number of ether oxygens (including phenoxy) is 1. The summed E-state index contributed by atoms with van der Waals surface area (Å²) in [6.07, 6.45) is 0. The molecular weight excluding hydrogens is 356 g/mol. The van der Waals surface area contributed by atoms with Crippen LogP contribution in [0.5, 0.6) is 5.75 Å². The summed E-state index contributed by atoms with van der Waals surface area (Å²) < 4.78 is 5.13. The van der Waals surface area contributed by atoms with Crippen LogP contribution >= 0.6 is 11.3 Å². The molecule has 27 heavy (non-hydrogen) atoms. The van der Waals surface area contributed by atoms with E-state index >= 15 is 0 Å². The molecule has 140 valence electrons. The molecule has 0 bridgehead atoms.